The second-order valence-corrected chi connectivity index (χ2v) is 17.1. The molecule has 6 heteroatoms. The molecule has 360 valence electrons. The summed E-state index contributed by atoms with van der Waals surface area (Å²) >= 11 is 0. The minimum atomic E-state index is -0.809. The Bertz CT molecular complexity index is 1240. The molecule has 0 aromatic rings. The number of ether oxygens (including phenoxy) is 3. The average molecular weight is 877 g/mol. The second kappa shape index (κ2) is 51.2. The lowest BCUT2D eigenvalue weighted by Crippen LogP contribution is -2.30. The summed E-state index contributed by atoms with van der Waals surface area (Å²) in [6.45, 7) is 6.49. The Balaban J connectivity index is 4.51. The molecular formula is C57H96O6. The first-order chi connectivity index (χ1) is 31.0. The van der Waals surface area contributed by atoms with E-state index >= 15 is 0 Å². The number of rotatable bonds is 46. The number of carbonyl (C=O) groups excluding carboxylic acids is 3. The number of carbonyl (C=O) groups is 3. The molecule has 6 nitrogen and oxygen atoms in total. The number of unbranched alkanes of at least 4 members (excludes halogenated alkanes) is 21. The molecule has 0 unspecified atom stereocenters. The van der Waals surface area contributed by atoms with E-state index in [-0.39, 0.29) is 37.5 Å². The predicted molar refractivity (Wildman–Crippen MR) is 270 cm³/mol. The van der Waals surface area contributed by atoms with Crippen molar-refractivity contribution >= 4 is 17.9 Å². The predicted octanol–water partition coefficient (Wildman–Crippen LogP) is 17.2. The molecule has 0 aliphatic heterocycles. The quantitative estimate of drug-likeness (QED) is 0.0262. The number of hydrogen-bond donors (Lipinski definition) is 0. The van der Waals surface area contributed by atoms with Gasteiger partial charge in [-0.3, -0.25) is 14.4 Å². The lowest BCUT2D eigenvalue weighted by Gasteiger charge is -2.18. The highest BCUT2D eigenvalue weighted by Gasteiger charge is 2.19. The van der Waals surface area contributed by atoms with Crippen molar-refractivity contribution in [1.29, 1.82) is 0 Å². The highest BCUT2D eigenvalue weighted by atomic mass is 16.6. The summed E-state index contributed by atoms with van der Waals surface area (Å²) in [7, 11) is 0. The Morgan fingerprint density at radius 2 is 0.603 bits per heavy atom. The molecule has 0 bridgehead atoms. The molecule has 0 rings (SSSR count). The molecule has 63 heavy (non-hydrogen) atoms. The Labute approximate surface area is 388 Å². The van der Waals surface area contributed by atoms with E-state index in [1.165, 1.54) is 89.9 Å². The van der Waals surface area contributed by atoms with Crippen molar-refractivity contribution in [2.75, 3.05) is 13.2 Å². The zero-order valence-electron chi connectivity index (χ0n) is 41.1. The van der Waals surface area contributed by atoms with Crippen LogP contribution in [0.2, 0.25) is 0 Å². The van der Waals surface area contributed by atoms with E-state index in [1.807, 2.05) is 0 Å². The van der Waals surface area contributed by atoms with Crippen molar-refractivity contribution in [1.82, 2.24) is 0 Å². The molecular weight excluding hydrogens is 781 g/mol. The van der Waals surface area contributed by atoms with Gasteiger partial charge in [0.2, 0.25) is 0 Å². The van der Waals surface area contributed by atoms with Crippen LogP contribution < -0.4 is 0 Å². The minimum absolute atomic E-state index is 0.104. The van der Waals surface area contributed by atoms with Crippen molar-refractivity contribution in [3.63, 3.8) is 0 Å². The summed E-state index contributed by atoms with van der Waals surface area (Å²) in [5.41, 5.74) is 0. The Morgan fingerprint density at radius 1 is 0.317 bits per heavy atom. The average Bonchev–Trinajstić information content (AvgIpc) is 3.28. The van der Waals surface area contributed by atoms with Crippen LogP contribution in [0.5, 0.6) is 0 Å². The molecule has 0 N–H and O–H groups in total. The SMILES string of the molecule is CCCC/C=C/C/C=C/CCCCCCCC(=O)O[C@@H](COC(=O)CCC/C=C/C/C=C/C/C=C/C/C=C/CCCCC)COC(=O)CCCCCCC/C=C/CCCCCCC. The fourth-order valence-electron chi connectivity index (χ4n) is 6.86. The zero-order valence-corrected chi connectivity index (χ0v) is 41.1. The van der Waals surface area contributed by atoms with E-state index in [2.05, 4.69) is 106 Å². The van der Waals surface area contributed by atoms with Gasteiger partial charge in [-0.2, -0.15) is 0 Å². The van der Waals surface area contributed by atoms with Crippen molar-refractivity contribution in [2.24, 2.45) is 0 Å². The van der Waals surface area contributed by atoms with Crippen LogP contribution in [0.25, 0.3) is 0 Å². The van der Waals surface area contributed by atoms with Crippen LogP contribution in [0.15, 0.2) is 85.1 Å². The molecule has 0 aliphatic carbocycles. The van der Waals surface area contributed by atoms with Crippen molar-refractivity contribution in [3.05, 3.63) is 85.1 Å². The van der Waals surface area contributed by atoms with Gasteiger partial charge in [0.15, 0.2) is 6.10 Å². The van der Waals surface area contributed by atoms with Crippen LogP contribution in [-0.2, 0) is 28.6 Å². The summed E-state index contributed by atoms with van der Waals surface area (Å²) in [5, 5.41) is 0. The number of esters is 3. The zero-order chi connectivity index (χ0) is 45.8. The monoisotopic (exact) mass is 877 g/mol. The molecule has 0 saturated carbocycles. The van der Waals surface area contributed by atoms with Crippen LogP contribution >= 0.6 is 0 Å². The van der Waals surface area contributed by atoms with Crippen molar-refractivity contribution in [2.45, 2.75) is 245 Å². The second-order valence-electron chi connectivity index (χ2n) is 17.1. The van der Waals surface area contributed by atoms with E-state index in [4.69, 9.17) is 14.2 Å². The maximum absolute atomic E-state index is 12.8. The van der Waals surface area contributed by atoms with Gasteiger partial charge in [0.1, 0.15) is 13.2 Å². The highest BCUT2D eigenvalue weighted by Crippen LogP contribution is 2.13. The Morgan fingerprint density at radius 3 is 1.05 bits per heavy atom. The van der Waals surface area contributed by atoms with Crippen molar-refractivity contribution < 1.29 is 28.6 Å². The number of allylic oxidation sites excluding steroid dienone is 14. The minimum Gasteiger partial charge on any atom is -0.462 e. The van der Waals surface area contributed by atoms with Crippen molar-refractivity contribution in [3.8, 4) is 0 Å². The molecule has 1 atom stereocenters. The summed E-state index contributed by atoms with van der Waals surface area (Å²) in [6.07, 6.45) is 65.6. The third kappa shape index (κ3) is 49.5. The fourth-order valence-corrected chi connectivity index (χ4v) is 6.86. The van der Waals surface area contributed by atoms with Gasteiger partial charge in [-0.25, -0.2) is 0 Å². The van der Waals surface area contributed by atoms with Gasteiger partial charge in [-0.1, -0.05) is 196 Å². The van der Waals surface area contributed by atoms with Gasteiger partial charge >= 0.3 is 17.9 Å². The molecule has 0 fully saturated rings. The maximum Gasteiger partial charge on any atom is 0.306 e. The topological polar surface area (TPSA) is 78.9 Å². The molecule has 0 aromatic carbocycles. The summed E-state index contributed by atoms with van der Waals surface area (Å²) < 4.78 is 16.7. The third-order valence-electron chi connectivity index (χ3n) is 10.8. The first-order valence-electron chi connectivity index (χ1n) is 26.1. The van der Waals surface area contributed by atoms with Crippen LogP contribution in [0.3, 0.4) is 0 Å². The van der Waals surface area contributed by atoms with E-state index < -0.39 is 6.10 Å². The first-order valence-corrected chi connectivity index (χ1v) is 26.1. The number of hydrogen-bond acceptors (Lipinski definition) is 6. The van der Waals surface area contributed by atoms with Gasteiger partial charge in [-0.15, -0.1) is 0 Å². The molecule has 0 aromatic heterocycles. The smallest absolute Gasteiger partial charge is 0.306 e. The van der Waals surface area contributed by atoms with E-state index in [0.717, 1.165) is 103 Å². The van der Waals surface area contributed by atoms with E-state index in [9.17, 15) is 14.4 Å². The molecule has 0 spiro atoms. The van der Waals surface area contributed by atoms with Gasteiger partial charge in [0, 0.05) is 19.3 Å². The summed E-state index contributed by atoms with van der Waals surface area (Å²) in [6, 6.07) is 0. The lowest BCUT2D eigenvalue weighted by molar-refractivity contribution is -0.167. The third-order valence-corrected chi connectivity index (χ3v) is 10.8. The Kier molecular flexibility index (Phi) is 48.5. The summed E-state index contributed by atoms with van der Waals surface area (Å²) in [4.78, 5) is 38.0. The first kappa shape index (κ1) is 59.6. The largest absolute Gasteiger partial charge is 0.462 e. The van der Waals surface area contributed by atoms with Gasteiger partial charge < -0.3 is 14.2 Å². The van der Waals surface area contributed by atoms with Crippen LogP contribution in [-0.4, -0.2) is 37.2 Å². The normalized spacial score (nSPS) is 12.7. The molecule has 0 amide bonds. The van der Waals surface area contributed by atoms with Crippen LogP contribution in [0.1, 0.15) is 239 Å². The van der Waals surface area contributed by atoms with Gasteiger partial charge in [0.05, 0.1) is 0 Å². The van der Waals surface area contributed by atoms with E-state index in [0.29, 0.717) is 19.3 Å². The highest BCUT2D eigenvalue weighted by molar-refractivity contribution is 5.71. The standard InChI is InChI=1S/C57H96O6/c1-4-7-10-13-16-19-22-25-28-29-30-33-35-38-41-44-47-50-56(59)62-53-54(63-57(60)51-48-45-42-39-36-32-27-24-21-18-15-12-9-6-3)52-61-55(58)49-46-43-40-37-34-31-26-23-20-17-14-11-8-5-2/h15-16,18-19,23-28,30,33,38,41,54H,4-14,17,20-22,29,31-32,34-37,39-40,42-53H2,1-3H3/b18-15+,19-16+,26-23+,27-24+,28-25+,33-30+,41-38+/t54-/m1/s1. The van der Waals surface area contributed by atoms with Gasteiger partial charge in [-0.05, 0) is 109 Å². The Hall–Kier alpha value is -3.41. The maximum atomic E-state index is 12.8. The fraction of sp³-hybridized carbons (Fsp3) is 0.702. The van der Waals surface area contributed by atoms with Gasteiger partial charge in [0.25, 0.3) is 0 Å². The van der Waals surface area contributed by atoms with Crippen LogP contribution in [0, 0.1) is 0 Å². The lowest BCUT2D eigenvalue weighted by atomic mass is 10.1. The van der Waals surface area contributed by atoms with Crippen LogP contribution in [0.4, 0.5) is 0 Å². The molecule has 0 radical (unpaired) electrons. The molecule has 0 aliphatic rings. The molecule has 0 saturated heterocycles. The summed E-state index contributed by atoms with van der Waals surface area (Å²) in [5.74, 6) is -0.986. The molecule has 0 heterocycles. The van der Waals surface area contributed by atoms with E-state index in [1.54, 1.807) is 0 Å².